The smallest absolute Gasteiger partial charge is 0.319 e. The standard InChI is InChI=1S/C17H26N4O4/c1-23-14-8-12(9-15(24-2)16(14)25-3)19-17(22)18-10-13-11-20-4-6-21(13)7-5-20/h8-9,13H,4-7,10-11H2,1-3H3,(H2,18,19,22). The van der Waals surface area contributed by atoms with Crippen molar-refractivity contribution in [3.05, 3.63) is 12.1 Å². The van der Waals surface area contributed by atoms with Crippen LogP contribution in [0.5, 0.6) is 17.2 Å². The summed E-state index contributed by atoms with van der Waals surface area (Å²) in [4.78, 5) is 17.1. The molecule has 0 aromatic heterocycles. The van der Waals surface area contributed by atoms with Crippen molar-refractivity contribution in [3.63, 3.8) is 0 Å². The minimum atomic E-state index is -0.244. The van der Waals surface area contributed by atoms with Crippen molar-refractivity contribution in [3.8, 4) is 17.2 Å². The maximum Gasteiger partial charge on any atom is 0.319 e. The lowest BCUT2D eigenvalue weighted by Gasteiger charge is -2.47. The molecule has 3 aliphatic rings. The van der Waals surface area contributed by atoms with Crippen LogP contribution in [0.4, 0.5) is 10.5 Å². The van der Waals surface area contributed by atoms with Gasteiger partial charge < -0.3 is 24.8 Å². The highest BCUT2D eigenvalue weighted by atomic mass is 16.5. The first-order valence-electron chi connectivity index (χ1n) is 8.46. The number of fused-ring (bicyclic) bond motifs is 3. The number of ether oxygens (including phenoxy) is 3. The van der Waals surface area contributed by atoms with Crippen LogP contribution in [0.15, 0.2) is 12.1 Å². The number of urea groups is 1. The number of amides is 2. The molecule has 2 bridgehead atoms. The molecule has 1 aromatic rings. The van der Waals surface area contributed by atoms with Crippen molar-refractivity contribution in [2.45, 2.75) is 6.04 Å². The number of methoxy groups -OCH3 is 3. The van der Waals surface area contributed by atoms with Gasteiger partial charge in [-0.25, -0.2) is 4.79 Å². The van der Waals surface area contributed by atoms with Gasteiger partial charge in [0.15, 0.2) is 11.5 Å². The molecule has 0 saturated carbocycles. The summed E-state index contributed by atoms with van der Waals surface area (Å²) in [5, 5.41) is 5.79. The van der Waals surface area contributed by atoms with Crippen LogP contribution in [0.2, 0.25) is 0 Å². The van der Waals surface area contributed by atoms with Gasteiger partial charge in [-0.1, -0.05) is 0 Å². The number of nitrogens with one attached hydrogen (secondary N) is 2. The van der Waals surface area contributed by atoms with E-state index in [0.717, 1.165) is 32.7 Å². The van der Waals surface area contributed by atoms with Crippen molar-refractivity contribution in [2.24, 2.45) is 0 Å². The van der Waals surface area contributed by atoms with Crippen molar-refractivity contribution < 1.29 is 19.0 Å². The molecule has 3 heterocycles. The third-order valence-electron chi connectivity index (χ3n) is 4.81. The Bertz CT molecular complexity index is 592. The Kier molecular flexibility index (Phi) is 5.50. The van der Waals surface area contributed by atoms with E-state index in [2.05, 4.69) is 20.4 Å². The van der Waals surface area contributed by atoms with Gasteiger partial charge in [-0.15, -0.1) is 0 Å². The predicted molar refractivity (Wildman–Crippen MR) is 94.9 cm³/mol. The molecule has 8 nitrogen and oxygen atoms in total. The molecule has 138 valence electrons. The van der Waals surface area contributed by atoms with Crippen molar-refractivity contribution in [2.75, 3.05) is 65.9 Å². The molecule has 0 radical (unpaired) electrons. The zero-order valence-electron chi connectivity index (χ0n) is 15.0. The van der Waals surface area contributed by atoms with Gasteiger partial charge in [0.05, 0.1) is 27.0 Å². The van der Waals surface area contributed by atoms with Gasteiger partial charge >= 0.3 is 6.03 Å². The summed E-state index contributed by atoms with van der Waals surface area (Å²) in [6.07, 6.45) is 0. The molecule has 25 heavy (non-hydrogen) atoms. The Morgan fingerprint density at radius 1 is 1.08 bits per heavy atom. The monoisotopic (exact) mass is 350 g/mol. The number of hydrogen-bond donors (Lipinski definition) is 2. The van der Waals surface area contributed by atoms with Gasteiger partial charge in [-0.3, -0.25) is 9.80 Å². The van der Waals surface area contributed by atoms with Gasteiger partial charge in [0.25, 0.3) is 0 Å². The Labute approximate surface area is 148 Å². The Morgan fingerprint density at radius 2 is 1.72 bits per heavy atom. The Hall–Kier alpha value is -2.19. The fourth-order valence-electron chi connectivity index (χ4n) is 3.46. The highest BCUT2D eigenvalue weighted by molar-refractivity contribution is 5.90. The highest BCUT2D eigenvalue weighted by Crippen LogP contribution is 2.39. The number of rotatable bonds is 6. The van der Waals surface area contributed by atoms with Crippen LogP contribution in [-0.4, -0.2) is 82.5 Å². The molecule has 1 unspecified atom stereocenters. The molecule has 1 atom stereocenters. The second-order valence-corrected chi connectivity index (χ2v) is 6.24. The summed E-state index contributed by atoms with van der Waals surface area (Å²) in [7, 11) is 4.63. The maximum absolute atomic E-state index is 12.2. The van der Waals surface area contributed by atoms with Crippen molar-refractivity contribution in [1.29, 1.82) is 0 Å². The summed E-state index contributed by atoms with van der Waals surface area (Å²) in [6.45, 7) is 6.08. The van der Waals surface area contributed by atoms with E-state index in [1.807, 2.05) is 0 Å². The minimum absolute atomic E-state index is 0.244. The van der Waals surface area contributed by atoms with E-state index in [-0.39, 0.29) is 6.03 Å². The van der Waals surface area contributed by atoms with Gasteiger partial charge in [-0.05, 0) is 0 Å². The molecule has 1 aromatic carbocycles. The van der Waals surface area contributed by atoms with E-state index in [9.17, 15) is 4.79 Å². The third kappa shape index (κ3) is 3.91. The first-order valence-corrected chi connectivity index (χ1v) is 8.46. The molecule has 3 aliphatic heterocycles. The summed E-state index contributed by atoms with van der Waals surface area (Å²) in [5.41, 5.74) is 0.584. The fourth-order valence-corrected chi connectivity index (χ4v) is 3.46. The van der Waals surface area contributed by atoms with Crippen LogP contribution in [-0.2, 0) is 0 Å². The molecule has 8 heteroatoms. The molecule has 0 spiro atoms. The normalized spacial score (nSPS) is 24.5. The lowest BCUT2D eigenvalue weighted by Crippen LogP contribution is -2.63. The molecule has 2 amide bonds. The van der Waals surface area contributed by atoms with Gasteiger partial charge in [0.2, 0.25) is 5.75 Å². The summed E-state index contributed by atoms with van der Waals surface area (Å²) in [6, 6.07) is 3.55. The van der Waals surface area contributed by atoms with E-state index in [1.54, 1.807) is 33.5 Å². The average Bonchev–Trinajstić information content (AvgIpc) is 2.66. The number of carbonyl (C=O) groups is 1. The number of nitrogens with zero attached hydrogens (tertiary/aromatic N) is 2. The maximum atomic E-state index is 12.2. The largest absolute Gasteiger partial charge is 0.493 e. The first-order chi connectivity index (χ1) is 12.1. The van der Waals surface area contributed by atoms with Crippen molar-refractivity contribution in [1.82, 2.24) is 15.1 Å². The number of anilines is 1. The third-order valence-corrected chi connectivity index (χ3v) is 4.81. The second-order valence-electron chi connectivity index (χ2n) is 6.24. The fraction of sp³-hybridized carbons (Fsp3) is 0.588. The lowest BCUT2D eigenvalue weighted by atomic mass is 10.1. The van der Waals surface area contributed by atoms with Crippen LogP contribution in [0.1, 0.15) is 0 Å². The topological polar surface area (TPSA) is 75.3 Å². The van der Waals surface area contributed by atoms with Crippen LogP contribution in [0.3, 0.4) is 0 Å². The summed E-state index contributed by atoms with van der Waals surface area (Å²) >= 11 is 0. The SMILES string of the molecule is COc1cc(NC(=O)NCC2CN3CCN2CC3)cc(OC)c1OC. The first kappa shape index (κ1) is 17.6. The molecule has 3 saturated heterocycles. The number of piperazine rings is 3. The van der Waals surface area contributed by atoms with Crippen molar-refractivity contribution >= 4 is 11.7 Å². The Morgan fingerprint density at radius 3 is 2.20 bits per heavy atom. The number of carbonyl (C=O) groups excluding carboxylic acids is 1. The minimum Gasteiger partial charge on any atom is -0.493 e. The molecule has 0 aliphatic carbocycles. The van der Waals surface area contributed by atoms with E-state index < -0.39 is 0 Å². The van der Waals surface area contributed by atoms with E-state index in [1.165, 1.54) is 0 Å². The summed E-state index contributed by atoms with van der Waals surface area (Å²) in [5.74, 6) is 1.50. The van der Waals surface area contributed by atoms with E-state index in [0.29, 0.717) is 35.5 Å². The molecular formula is C17H26N4O4. The van der Waals surface area contributed by atoms with Gasteiger partial charge in [0.1, 0.15) is 0 Å². The lowest BCUT2D eigenvalue weighted by molar-refractivity contribution is 0.0149. The zero-order valence-corrected chi connectivity index (χ0v) is 15.0. The Balaban J connectivity index is 1.59. The van der Waals surface area contributed by atoms with Crippen LogP contribution < -0.4 is 24.8 Å². The quantitative estimate of drug-likeness (QED) is 0.792. The van der Waals surface area contributed by atoms with Gasteiger partial charge in [-0.2, -0.15) is 0 Å². The van der Waals surface area contributed by atoms with E-state index >= 15 is 0 Å². The average molecular weight is 350 g/mol. The van der Waals surface area contributed by atoms with Crippen LogP contribution in [0, 0.1) is 0 Å². The molecular weight excluding hydrogens is 324 g/mol. The van der Waals surface area contributed by atoms with Crippen LogP contribution in [0.25, 0.3) is 0 Å². The molecule has 3 fully saturated rings. The highest BCUT2D eigenvalue weighted by Gasteiger charge is 2.31. The molecule has 4 rings (SSSR count). The van der Waals surface area contributed by atoms with E-state index in [4.69, 9.17) is 14.2 Å². The van der Waals surface area contributed by atoms with Crippen LogP contribution >= 0.6 is 0 Å². The molecule has 2 N–H and O–H groups in total. The second kappa shape index (κ2) is 7.79. The predicted octanol–water partition coefficient (Wildman–Crippen LogP) is 0.834. The zero-order chi connectivity index (χ0) is 17.8. The summed E-state index contributed by atoms with van der Waals surface area (Å²) < 4.78 is 15.9. The number of benzene rings is 1. The number of hydrogen-bond acceptors (Lipinski definition) is 6. The van der Waals surface area contributed by atoms with Gasteiger partial charge in [0, 0.05) is 57.4 Å².